The van der Waals surface area contributed by atoms with Gasteiger partial charge in [-0.2, -0.15) is 0 Å². The van der Waals surface area contributed by atoms with E-state index in [9.17, 15) is 5.11 Å². The summed E-state index contributed by atoms with van der Waals surface area (Å²) in [6, 6.07) is 0.381. The first-order chi connectivity index (χ1) is 8.15. The van der Waals surface area contributed by atoms with Crippen LogP contribution in [0.2, 0.25) is 0 Å². The van der Waals surface area contributed by atoms with Gasteiger partial charge in [-0.25, -0.2) is 0 Å². The predicted molar refractivity (Wildman–Crippen MR) is 70.8 cm³/mol. The molecular formula is C14H28N2O. The monoisotopic (exact) mass is 240 g/mol. The second-order valence-electron chi connectivity index (χ2n) is 6.09. The second-order valence-corrected chi connectivity index (χ2v) is 6.09. The van der Waals surface area contributed by atoms with Gasteiger partial charge in [-0.3, -0.25) is 4.90 Å². The smallest absolute Gasteiger partial charge is 0.0602 e. The van der Waals surface area contributed by atoms with Crippen molar-refractivity contribution in [2.75, 3.05) is 19.7 Å². The number of aliphatic hydroxyl groups is 1. The fraction of sp³-hybridized carbons (Fsp3) is 1.00. The summed E-state index contributed by atoms with van der Waals surface area (Å²) < 4.78 is 0. The summed E-state index contributed by atoms with van der Waals surface area (Å²) in [7, 11) is 0. The number of hydrogen-bond donors (Lipinski definition) is 2. The van der Waals surface area contributed by atoms with Crippen LogP contribution in [0.15, 0.2) is 0 Å². The van der Waals surface area contributed by atoms with Crippen molar-refractivity contribution in [2.45, 2.75) is 58.0 Å². The molecule has 1 aliphatic carbocycles. The van der Waals surface area contributed by atoms with E-state index in [0.717, 1.165) is 13.1 Å². The Balaban J connectivity index is 1.97. The fourth-order valence-electron chi connectivity index (χ4n) is 3.36. The van der Waals surface area contributed by atoms with Gasteiger partial charge < -0.3 is 10.8 Å². The van der Waals surface area contributed by atoms with E-state index < -0.39 is 0 Å². The largest absolute Gasteiger partial charge is 0.395 e. The molecule has 2 fully saturated rings. The number of aliphatic hydroxyl groups excluding tert-OH is 1. The lowest BCUT2D eigenvalue weighted by atomic mass is 9.82. The molecule has 0 radical (unpaired) electrons. The number of nitrogens with two attached hydrogens (primary N) is 1. The number of rotatable bonds is 6. The van der Waals surface area contributed by atoms with Crippen molar-refractivity contribution in [3.05, 3.63) is 0 Å². The van der Waals surface area contributed by atoms with Crippen LogP contribution in [-0.4, -0.2) is 41.8 Å². The molecule has 1 aliphatic heterocycles. The normalized spacial score (nSPS) is 28.2. The predicted octanol–water partition coefficient (Wildman–Crippen LogP) is 1.60. The standard InChI is InChI=1S/C14H28N2O/c1-3-14(4-2)7-8-16(10-14)12(9-17)13(15)11-5-6-11/h11-13,17H,3-10,15H2,1-2H3. The molecule has 100 valence electrons. The minimum absolute atomic E-state index is 0.185. The molecule has 2 unspecified atom stereocenters. The van der Waals surface area contributed by atoms with Crippen molar-refractivity contribution < 1.29 is 5.11 Å². The molecule has 2 aliphatic rings. The van der Waals surface area contributed by atoms with E-state index in [-0.39, 0.29) is 18.7 Å². The molecule has 3 heteroatoms. The second kappa shape index (κ2) is 5.25. The van der Waals surface area contributed by atoms with Crippen LogP contribution in [0, 0.1) is 11.3 Å². The van der Waals surface area contributed by atoms with Gasteiger partial charge >= 0.3 is 0 Å². The van der Waals surface area contributed by atoms with Gasteiger partial charge in [-0.15, -0.1) is 0 Å². The Kier molecular flexibility index (Phi) is 4.11. The Morgan fingerprint density at radius 1 is 1.35 bits per heavy atom. The zero-order chi connectivity index (χ0) is 12.5. The van der Waals surface area contributed by atoms with Crippen molar-refractivity contribution in [3.63, 3.8) is 0 Å². The SMILES string of the molecule is CCC1(CC)CCN(C(CO)C(N)C2CC2)C1. The minimum atomic E-state index is 0.185. The zero-order valence-electron chi connectivity index (χ0n) is 11.4. The van der Waals surface area contributed by atoms with Crippen molar-refractivity contribution in [1.29, 1.82) is 0 Å². The van der Waals surface area contributed by atoms with Crippen molar-refractivity contribution in [1.82, 2.24) is 4.90 Å². The topological polar surface area (TPSA) is 49.5 Å². The lowest BCUT2D eigenvalue weighted by molar-refractivity contribution is 0.105. The van der Waals surface area contributed by atoms with Crippen LogP contribution in [0.4, 0.5) is 0 Å². The van der Waals surface area contributed by atoms with Crippen LogP contribution in [0.25, 0.3) is 0 Å². The highest BCUT2D eigenvalue weighted by Gasteiger charge is 2.42. The van der Waals surface area contributed by atoms with Crippen LogP contribution >= 0.6 is 0 Å². The Bertz CT molecular complexity index is 249. The van der Waals surface area contributed by atoms with Gasteiger partial charge in [0.1, 0.15) is 0 Å². The fourth-order valence-corrected chi connectivity index (χ4v) is 3.36. The van der Waals surface area contributed by atoms with Crippen LogP contribution in [-0.2, 0) is 0 Å². The van der Waals surface area contributed by atoms with Gasteiger partial charge in [0, 0.05) is 18.6 Å². The summed E-state index contributed by atoms with van der Waals surface area (Å²) in [4.78, 5) is 2.45. The molecule has 3 N–H and O–H groups in total. The van der Waals surface area contributed by atoms with Gasteiger partial charge in [0.15, 0.2) is 0 Å². The van der Waals surface area contributed by atoms with Crippen molar-refractivity contribution >= 4 is 0 Å². The van der Waals surface area contributed by atoms with E-state index in [2.05, 4.69) is 18.7 Å². The minimum Gasteiger partial charge on any atom is -0.395 e. The van der Waals surface area contributed by atoms with Crippen LogP contribution in [0.5, 0.6) is 0 Å². The first-order valence-electron chi connectivity index (χ1n) is 7.26. The van der Waals surface area contributed by atoms with E-state index in [1.807, 2.05) is 0 Å². The maximum Gasteiger partial charge on any atom is 0.0602 e. The summed E-state index contributed by atoms with van der Waals surface area (Å²) in [5, 5.41) is 9.63. The summed E-state index contributed by atoms with van der Waals surface area (Å²) in [6.07, 6.45) is 6.29. The van der Waals surface area contributed by atoms with Gasteiger partial charge in [0.2, 0.25) is 0 Å². The Labute approximate surface area is 105 Å². The third-order valence-electron chi connectivity index (χ3n) is 5.23. The Morgan fingerprint density at radius 2 is 2.00 bits per heavy atom. The van der Waals surface area contributed by atoms with E-state index in [4.69, 9.17) is 5.73 Å². The van der Waals surface area contributed by atoms with E-state index in [1.54, 1.807) is 0 Å². The first kappa shape index (κ1) is 13.3. The Morgan fingerprint density at radius 3 is 2.41 bits per heavy atom. The molecule has 3 nitrogen and oxygen atoms in total. The molecular weight excluding hydrogens is 212 g/mol. The molecule has 0 bridgehead atoms. The summed E-state index contributed by atoms with van der Waals surface area (Å²) in [5.41, 5.74) is 6.77. The molecule has 2 atom stereocenters. The lowest BCUT2D eigenvalue weighted by Gasteiger charge is -2.33. The van der Waals surface area contributed by atoms with Crippen LogP contribution in [0.3, 0.4) is 0 Å². The number of nitrogens with zero attached hydrogens (tertiary/aromatic N) is 1. The summed E-state index contributed by atoms with van der Waals surface area (Å²) >= 11 is 0. The highest BCUT2D eigenvalue weighted by atomic mass is 16.3. The van der Waals surface area contributed by atoms with Crippen LogP contribution in [0.1, 0.15) is 46.0 Å². The third kappa shape index (κ3) is 2.67. The van der Waals surface area contributed by atoms with Crippen molar-refractivity contribution in [3.8, 4) is 0 Å². The molecule has 0 aromatic carbocycles. The van der Waals surface area contributed by atoms with E-state index >= 15 is 0 Å². The maximum atomic E-state index is 9.63. The highest BCUT2D eigenvalue weighted by molar-refractivity contribution is 4.98. The maximum absolute atomic E-state index is 9.63. The van der Waals surface area contributed by atoms with E-state index in [0.29, 0.717) is 11.3 Å². The molecule has 1 saturated carbocycles. The van der Waals surface area contributed by atoms with Gasteiger partial charge in [-0.1, -0.05) is 13.8 Å². The molecule has 1 heterocycles. The molecule has 0 aromatic heterocycles. The number of likely N-dealkylation sites (tertiary alicyclic amines) is 1. The van der Waals surface area contributed by atoms with Gasteiger partial charge in [0.25, 0.3) is 0 Å². The van der Waals surface area contributed by atoms with Gasteiger partial charge in [0.05, 0.1) is 6.61 Å². The molecule has 0 aromatic rings. The molecule has 17 heavy (non-hydrogen) atoms. The zero-order valence-corrected chi connectivity index (χ0v) is 11.4. The highest BCUT2D eigenvalue weighted by Crippen LogP contribution is 2.40. The molecule has 0 amide bonds. The third-order valence-corrected chi connectivity index (χ3v) is 5.23. The average molecular weight is 240 g/mol. The Hall–Kier alpha value is -0.120. The van der Waals surface area contributed by atoms with Crippen molar-refractivity contribution in [2.24, 2.45) is 17.1 Å². The molecule has 2 rings (SSSR count). The quantitative estimate of drug-likeness (QED) is 0.741. The molecule has 0 spiro atoms. The van der Waals surface area contributed by atoms with Crippen LogP contribution < -0.4 is 5.73 Å². The average Bonchev–Trinajstić information content (AvgIpc) is 3.12. The summed E-state index contributed by atoms with van der Waals surface area (Å²) in [6.45, 7) is 7.06. The molecule has 1 saturated heterocycles. The lowest BCUT2D eigenvalue weighted by Crippen LogP contribution is -2.50. The van der Waals surface area contributed by atoms with E-state index in [1.165, 1.54) is 32.1 Å². The summed E-state index contributed by atoms with van der Waals surface area (Å²) in [5.74, 6) is 0.672. The number of hydrogen-bond acceptors (Lipinski definition) is 3. The first-order valence-corrected chi connectivity index (χ1v) is 7.26. The van der Waals surface area contributed by atoms with Gasteiger partial charge in [-0.05, 0) is 50.0 Å².